The summed E-state index contributed by atoms with van der Waals surface area (Å²) in [6.45, 7) is 2.17. The minimum atomic E-state index is -0.327. The lowest BCUT2D eigenvalue weighted by Gasteiger charge is -2.34. The molecular formula is C27H26O3. The van der Waals surface area contributed by atoms with Crippen LogP contribution in [0.25, 0.3) is 6.08 Å². The SMILES string of the molecule is CCOC(=O)/C=C/c1ccc(C2c3ccc(O)cc3CCC2c2ccccc2)cc1. The molecule has 1 aliphatic carbocycles. The van der Waals surface area contributed by atoms with E-state index in [1.165, 1.54) is 28.3 Å². The number of phenolic OH excluding ortho intramolecular Hbond substituents is 1. The van der Waals surface area contributed by atoms with E-state index < -0.39 is 0 Å². The number of ether oxygens (including phenoxy) is 1. The Bertz CT molecular complexity index is 1040. The number of benzene rings is 3. The van der Waals surface area contributed by atoms with E-state index in [1.807, 2.05) is 18.2 Å². The molecule has 1 N–H and O–H groups in total. The summed E-state index contributed by atoms with van der Waals surface area (Å²) in [5.41, 5.74) is 6.04. The Balaban J connectivity index is 1.69. The summed E-state index contributed by atoms with van der Waals surface area (Å²) in [6, 6.07) is 24.8. The van der Waals surface area contributed by atoms with Crippen LogP contribution in [-0.4, -0.2) is 17.7 Å². The van der Waals surface area contributed by atoms with Crippen molar-refractivity contribution in [3.05, 3.63) is 107 Å². The van der Waals surface area contributed by atoms with Gasteiger partial charge in [-0.25, -0.2) is 4.79 Å². The molecular weight excluding hydrogens is 372 g/mol. The molecule has 0 fully saturated rings. The lowest BCUT2D eigenvalue weighted by molar-refractivity contribution is -0.137. The van der Waals surface area contributed by atoms with Gasteiger partial charge in [0.25, 0.3) is 0 Å². The predicted octanol–water partition coefficient (Wildman–Crippen LogP) is 5.83. The van der Waals surface area contributed by atoms with Gasteiger partial charge in [-0.15, -0.1) is 0 Å². The Labute approximate surface area is 177 Å². The maximum Gasteiger partial charge on any atom is 0.330 e. The van der Waals surface area contributed by atoms with E-state index in [0.717, 1.165) is 18.4 Å². The third-order valence-corrected chi connectivity index (χ3v) is 5.81. The van der Waals surface area contributed by atoms with Gasteiger partial charge in [0.05, 0.1) is 6.61 Å². The number of aryl methyl sites for hydroxylation is 1. The summed E-state index contributed by atoms with van der Waals surface area (Å²) in [5.74, 6) is 0.598. The van der Waals surface area contributed by atoms with Crippen LogP contribution in [0.3, 0.4) is 0 Å². The highest BCUT2D eigenvalue weighted by molar-refractivity contribution is 5.87. The average Bonchev–Trinajstić information content (AvgIpc) is 2.78. The quantitative estimate of drug-likeness (QED) is 0.434. The Morgan fingerprint density at radius 3 is 2.53 bits per heavy atom. The van der Waals surface area contributed by atoms with Crippen LogP contribution in [-0.2, 0) is 16.0 Å². The molecule has 0 aromatic heterocycles. The molecule has 0 bridgehead atoms. The topological polar surface area (TPSA) is 46.5 Å². The second-order valence-electron chi connectivity index (χ2n) is 7.67. The van der Waals surface area contributed by atoms with Gasteiger partial charge in [-0.05, 0) is 71.7 Å². The molecule has 0 saturated heterocycles. The zero-order chi connectivity index (χ0) is 20.9. The van der Waals surface area contributed by atoms with E-state index in [-0.39, 0.29) is 11.9 Å². The maximum atomic E-state index is 11.6. The number of carbonyl (C=O) groups excluding carboxylic acids is 1. The van der Waals surface area contributed by atoms with E-state index in [4.69, 9.17) is 4.74 Å². The third kappa shape index (κ3) is 4.30. The van der Waals surface area contributed by atoms with Crippen LogP contribution in [0.4, 0.5) is 0 Å². The summed E-state index contributed by atoms with van der Waals surface area (Å²) < 4.78 is 4.95. The van der Waals surface area contributed by atoms with Crippen LogP contribution in [0.2, 0.25) is 0 Å². The Morgan fingerprint density at radius 1 is 1.03 bits per heavy atom. The van der Waals surface area contributed by atoms with Gasteiger partial charge < -0.3 is 9.84 Å². The van der Waals surface area contributed by atoms with Gasteiger partial charge >= 0.3 is 5.97 Å². The number of esters is 1. The first-order chi connectivity index (χ1) is 14.7. The van der Waals surface area contributed by atoms with Crippen LogP contribution in [0.5, 0.6) is 5.75 Å². The van der Waals surface area contributed by atoms with Crippen LogP contribution in [0.15, 0.2) is 78.9 Å². The minimum Gasteiger partial charge on any atom is -0.508 e. The van der Waals surface area contributed by atoms with Crippen molar-refractivity contribution >= 4 is 12.0 Å². The van der Waals surface area contributed by atoms with E-state index in [2.05, 4.69) is 48.5 Å². The first kappa shape index (κ1) is 20.0. The van der Waals surface area contributed by atoms with E-state index in [0.29, 0.717) is 18.3 Å². The lowest BCUT2D eigenvalue weighted by atomic mass is 9.69. The van der Waals surface area contributed by atoms with Crippen LogP contribution >= 0.6 is 0 Å². The number of hydrogen-bond acceptors (Lipinski definition) is 3. The highest BCUT2D eigenvalue weighted by Crippen LogP contribution is 2.46. The molecule has 0 heterocycles. The van der Waals surface area contributed by atoms with Crippen LogP contribution < -0.4 is 0 Å². The summed E-state index contributed by atoms with van der Waals surface area (Å²) in [6.07, 6.45) is 5.24. The average molecular weight is 399 g/mol. The second-order valence-corrected chi connectivity index (χ2v) is 7.67. The number of carbonyl (C=O) groups is 1. The standard InChI is InChI=1S/C27H26O3/c1-2-30-26(29)17-10-19-8-11-21(12-9-19)27-24(20-6-4-3-5-7-20)15-13-22-18-23(28)14-16-25(22)27/h3-12,14,16-18,24,27-28H,2,13,15H2,1H3/b17-10+. The van der Waals surface area contributed by atoms with Gasteiger partial charge in [-0.1, -0.05) is 60.7 Å². The van der Waals surface area contributed by atoms with E-state index in [1.54, 1.807) is 19.1 Å². The molecule has 3 aromatic carbocycles. The van der Waals surface area contributed by atoms with Crippen molar-refractivity contribution in [3.8, 4) is 5.75 Å². The summed E-state index contributed by atoms with van der Waals surface area (Å²) >= 11 is 0. The van der Waals surface area contributed by atoms with Crippen LogP contribution in [0.1, 0.15) is 53.0 Å². The zero-order valence-corrected chi connectivity index (χ0v) is 17.1. The number of hydrogen-bond donors (Lipinski definition) is 1. The van der Waals surface area contributed by atoms with Crippen molar-refractivity contribution in [3.63, 3.8) is 0 Å². The number of aromatic hydroxyl groups is 1. The van der Waals surface area contributed by atoms with E-state index >= 15 is 0 Å². The first-order valence-electron chi connectivity index (χ1n) is 10.5. The smallest absolute Gasteiger partial charge is 0.330 e. The lowest BCUT2D eigenvalue weighted by Crippen LogP contribution is -2.20. The fraction of sp³-hybridized carbons (Fsp3) is 0.222. The van der Waals surface area contributed by atoms with Crippen molar-refractivity contribution < 1.29 is 14.6 Å². The molecule has 3 heteroatoms. The number of rotatable bonds is 5. The second kappa shape index (κ2) is 9.00. The van der Waals surface area contributed by atoms with Gasteiger partial charge in [0, 0.05) is 12.0 Å². The number of fused-ring (bicyclic) bond motifs is 1. The fourth-order valence-corrected chi connectivity index (χ4v) is 4.45. The van der Waals surface area contributed by atoms with Crippen molar-refractivity contribution in [2.75, 3.05) is 6.61 Å². The summed E-state index contributed by atoms with van der Waals surface area (Å²) in [7, 11) is 0. The molecule has 4 rings (SSSR count). The van der Waals surface area contributed by atoms with Crippen molar-refractivity contribution in [2.45, 2.75) is 31.6 Å². The summed E-state index contributed by atoms with van der Waals surface area (Å²) in [4.78, 5) is 11.6. The molecule has 2 atom stereocenters. The highest BCUT2D eigenvalue weighted by Gasteiger charge is 2.32. The monoisotopic (exact) mass is 398 g/mol. The van der Waals surface area contributed by atoms with Gasteiger partial charge in [-0.3, -0.25) is 0 Å². The minimum absolute atomic E-state index is 0.222. The highest BCUT2D eigenvalue weighted by atomic mass is 16.5. The first-order valence-corrected chi connectivity index (χ1v) is 10.5. The molecule has 1 aliphatic rings. The van der Waals surface area contributed by atoms with Gasteiger partial charge in [0.2, 0.25) is 0 Å². The molecule has 0 amide bonds. The molecule has 3 aromatic rings. The third-order valence-electron chi connectivity index (χ3n) is 5.81. The molecule has 30 heavy (non-hydrogen) atoms. The molecule has 2 unspecified atom stereocenters. The maximum absolute atomic E-state index is 11.6. The van der Waals surface area contributed by atoms with Gasteiger partial charge in [0.1, 0.15) is 5.75 Å². The molecule has 152 valence electrons. The van der Waals surface area contributed by atoms with Gasteiger partial charge in [0.15, 0.2) is 0 Å². The van der Waals surface area contributed by atoms with Crippen molar-refractivity contribution in [2.24, 2.45) is 0 Å². The van der Waals surface area contributed by atoms with E-state index in [9.17, 15) is 9.90 Å². The fourth-order valence-electron chi connectivity index (χ4n) is 4.45. The Hall–Kier alpha value is -3.33. The van der Waals surface area contributed by atoms with Crippen LogP contribution in [0, 0.1) is 0 Å². The van der Waals surface area contributed by atoms with Crippen molar-refractivity contribution in [1.29, 1.82) is 0 Å². The Kier molecular flexibility index (Phi) is 5.99. The molecule has 3 nitrogen and oxygen atoms in total. The Morgan fingerprint density at radius 2 is 1.80 bits per heavy atom. The molecule has 0 saturated carbocycles. The van der Waals surface area contributed by atoms with Crippen molar-refractivity contribution in [1.82, 2.24) is 0 Å². The normalized spacial score (nSPS) is 18.2. The van der Waals surface area contributed by atoms with Gasteiger partial charge in [-0.2, -0.15) is 0 Å². The molecule has 0 radical (unpaired) electrons. The largest absolute Gasteiger partial charge is 0.508 e. The molecule has 0 aliphatic heterocycles. The molecule has 0 spiro atoms. The number of phenols is 1. The predicted molar refractivity (Wildman–Crippen MR) is 120 cm³/mol. The zero-order valence-electron chi connectivity index (χ0n) is 17.1. The summed E-state index contributed by atoms with van der Waals surface area (Å²) in [5, 5.41) is 9.96.